The molecule has 5 nitrogen and oxygen atoms in total. The van der Waals surface area contributed by atoms with E-state index in [1.165, 1.54) is 0 Å². The van der Waals surface area contributed by atoms with E-state index in [1.54, 1.807) is 17.4 Å². The Hall–Kier alpha value is -1.82. The quantitative estimate of drug-likeness (QED) is 0.873. The van der Waals surface area contributed by atoms with Gasteiger partial charge in [0.05, 0.1) is 5.69 Å². The second-order valence-corrected chi connectivity index (χ2v) is 6.36. The molecule has 2 aromatic heterocycles. The van der Waals surface area contributed by atoms with Crippen molar-refractivity contribution < 1.29 is 9.21 Å². The van der Waals surface area contributed by atoms with Gasteiger partial charge in [-0.15, -0.1) is 11.3 Å². The number of rotatable bonds is 3. The summed E-state index contributed by atoms with van der Waals surface area (Å²) < 4.78 is 5.59. The molecule has 22 heavy (non-hydrogen) atoms. The molecule has 0 aliphatic carbocycles. The molecular weight excluding hydrogens is 298 g/mol. The highest BCUT2D eigenvalue weighted by atomic mass is 32.1. The molecule has 0 saturated carbocycles. The molecule has 1 saturated heterocycles. The zero-order chi connectivity index (χ0) is 15.5. The van der Waals surface area contributed by atoms with Crippen molar-refractivity contribution in [2.75, 3.05) is 31.1 Å². The lowest BCUT2D eigenvalue weighted by atomic mass is 10.3. The molecule has 3 rings (SSSR count). The van der Waals surface area contributed by atoms with E-state index < -0.39 is 0 Å². The number of anilines is 1. The van der Waals surface area contributed by atoms with E-state index in [0.29, 0.717) is 12.3 Å². The van der Waals surface area contributed by atoms with Crippen LogP contribution < -0.4 is 4.90 Å². The van der Waals surface area contributed by atoms with Crippen LogP contribution in [0.4, 0.5) is 5.13 Å². The fraction of sp³-hybridized carbons (Fsp3) is 0.500. The largest absolute Gasteiger partial charge is 0.456 e. The lowest BCUT2D eigenvalue weighted by Crippen LogP contribution is -2.35. The van der Waals surface area contributed by atoms with Crippen LogP contribution in [0.25, 0.3) is 0 Å². The number of nitrogens with zero attached hydrogens (tertiary/aromatic N) is 3. The van der Waals surface area contributed by atoms with Crippen LogP contribution in [0, 0.1) is 6.92 Å². The summed E-state index contributed by atoms with van der Waals surface area (Å²) in [7, 11) is 0. The first-order valence-electron chi connectivity index (χ1n) is 7.72. The van der Waals surface area contributed by atoms with Crippen molar-refractivity contribution >= 4 is 22.4 Å². The van der Waals surface area contributed by atoms with E-state index in [2.05, 4.69) is 15.3 Å². The number of hydrogen-bond donors (Lipinski definition) is 0. The van der Waals surface area contributed by atoms with E-state index in [9.17, 15) is 4.79 Å². The van der Waals surface area contributed by atoms with Crippen LogP contribution in [0.5, 0.6) is 0 Å². The normalized spacial score (nSPS) is 15.9. The first-order valence-corrected chi connectivity index (χ1v) is 8.60. The number of hydrogen-bond acceptors (Lipinski definition) is 5. The Morgan fingerprint density at radius 1 is 1.32 bits per heavy atom. The number of furan rings is 1. The summed E-state index contributed by atoms with van der Waals surface area (Å²) in [6.07, 6.45) is 1.76. The predicted molar refractivity (Wildman–Crippen MR) is 87.7 cm³/mol. The third-order valence-electron chi connectivity index (χ3n) is 3.88. The Balaban J connectivity index is 1.65. The van der Waals surface area contributed by atoms with E-state index in [0.717, 1.165) is 49.1 Å². The van der Waals surface area contributed by atoms with E-state index in [1.807, 2.05) is 24.8 Å². The van der Waals surface area contributed by atoms with E-state index in [4.69, 9.17) is 4.42 Å². The number of amides is 1. The topological polar surface area (TPSA) is 49.6 Å². The number of aromatic nitrogens is 1. The minimum atomic E-state index is -0.00290. The van der Waals surface area contributed by atoms with Gasteiger partial charge < -0.3 is 14.2 Å². The van der Waals surface area contributed by atoms with Crippen LogP contribution in [-0.4, -0.2) is 42.0 Å². The van der Waals surface area contributed by atoms with Crippen molar-refractivity contribution in [2.24, 2.45) is 0 Å². The standard InChI is InChI=1S/C16H21N3O2S/c1-3-13-5-6-14(21-13)15(20)18-7-4-8-19(10-9-18)16-17-12(2)11-22-16/h5-6,11H,3-4,7-10H2,1-2H3. The molecule has 0 bridgehead atoms. The average Bonchev–Trinajstić information content (AvgIpc) is 3.10. The van der Waals surface area contributed by atoms with Crippen molar-refractivity contribution in [1.29, 1.82) is 0 Å². The Morgan fingerprint density at radius 3 is 2.86 bits per heavy atom. The van der Waals surface area contributed by atoms with Gasteiger partial charge in [-0.2, -0.15) is 0 Å². The summed E-state index contributed by atoms with van der Waals surface area (Å²) >= 11 is 1.67. The molecule has 0 radical (unpaired) electrons. The van der Waals surface area contributed by atoms with Crippen LogP contribution >= 0.6 is 11.3 Å². The third-order valence-corrected chi connectivity index (χ3v) is 4.90. The SMILES string of the molecule is CCc1ccc(C(=O)N2CCCN(c3nc(C)cs3)CC2)o1. The first kappa shape index (κ1) is 15.1. The van der Waals surface area contributed by atoms with Crippen molar-refractivity contribution in [3.63, 3.8) is 0 Å². The highest BCUT2D eigenvalue weighted by Crippen LogP contribution is 2.22. The number of thiazole rings is 1. The maximum atomic E-state index is 12.5. The van der Waals surface area contributed by atoms with Gasteiger partial charge in [0, 0.05) is 38.0 Å². The Morgan fingerprint density at radius 2 is 2.18 bits per heavy atom. The van der Waals surface area contributed by atoms with Crippen LogP contribution in [0.2, 0.25) is 0 Å². The van der Waals surface area contributed by atoms with Crippen molar-refractivity contribution in [1.82, 2.24) is 9.88 Å². The minimum absolute atomic E-state index is 0.00290. The second-order valence-electron chi connectivity index (χ2n) is 5.52. The van der Waals surface area contributed by atoms with Gasteiger partial charge in [-0.1, -0.05) is 6.92 Å². The van der Waals surface area contributed by atoms with Crippen molar-refractivity contribution in [2.45, 2.75) is 26.7 Å². The number of carbonyl (C=O) groups is 1. The summed E-state index contributed by atoms with van der Waals surface area (Å²) in [4.78, 5) is 21.2. The fourth-order valence-corrected chi connectivity index (χ4v) is 3.49. The molecule has 0 unspecified atom stereocenters. The van der Waals surface area contributed by atoms with E-state index in [-0.39, 0.29) is 5.91 Å². The molecule has 6 heteroatoms. The molecule has 0 atom stereocenters. The zero-order valence-corrected chi connectivity index (χ0v) is 13.9. The summed E-state index contributed by atoms with van der Waals surface area (Å²) in [6.45, 7) is 7.26. The molecule has 1 amide bonds. The monoisotopic (exact) mass is 319 g/mol. The number of aryl methyl sites for hydroxylation is 2. The molecule has 2 aromatic rings. The third kappa shape index (κ3) is 3.16. The van der Waals surface area contributed by atoms with Gasteiger partial charge in [0.25, 0.3) is 5.91 Å². The maximum absolute atomic E-state index is 12.5. The molecule has 1 aliphatic rings. The van der Waals surface area contributed by atoms with Gasteiger partial charge in [0.1, 0.15) is 5.76 Å². The molecule has 1 fully saturated rings. The Kier molecular flexibility index (Phi) is 4.47. The first-order chi connectivity index (χ1) is 10.7. The van der Waals surface area contributed by atoms with Gasteiger partial charge in [0.15, 0.2) is 10.9 Å². The molecule has 0 spiro atoms. The smallest absolute Gasteiger partial charge is 0.289 e. The Labute approximate surface area is 134 Å². The maximum Gasteiger partial charge on any atom is 0.289 e. The lowest BCUT2D eigenvalue weighted by molar-refractivity contribution is 0.0733. The van der Waals surface area contributed by atoms with Crippen LogP contribution in [-0.2, 0) is 6.42 Å². The van der Waals surface area contributed by atoms with Gasteiger partial charge in [-0.3, -0.25) is 4.79 Å². The van der Waals surface area contributed by atoms with Gasteiger partial charge >= 0.3 is 0 Å². The highest BCUT2D eigenvalue weighted by molar-refractivity contribution is 7.13. The molecule has 118 valence electrons. The van der Waals surface area contributed by atoms with Crippen molar-refractivity contribution in [3.05, 3.63) is 34.7 Å². The summed E-state index contributed by atoms with van der Waals surface area (Å²) in [6, 6.07) is 3.67. The van der Waals surface area contributed by atoms with Crippen LogP contribution in [0.3, 0.4) is 0 Å². The minimum Gasteiger partial charge on any atom is -0.456 e. The highest BCUT2D eigenvalue weighted by Gasteiger charge is 2.23. The van der Waals surface area contributed by atoms with Crippen molar-refractivity contribution in [3.8, 4) is 0 Å². The molecule has 0 aromatic carbocycles. The predicted octanol–water partition coefficient (Wildman–Crippen LogP) is 2.96. The zero-order valence-electron chi connectivity index (χ0n) is 13.0. The van der Waals surface area contributed by atoms with Gasteiger partial charge in [-0.25, -0.2) is 4.98 Å². The number of carbonyl (C=O) groups excluding carboxylic acids is 1. The second kappa shape index (κ2) is 6.52. The van der Waals surface area contributed by atoms with Gasteiger partial charge in [-0.05, 0) is 25.5 Å². The van der Waals surface area contributed by atoms with Crippen LogP contribution in [0.1, 0.15) is 35.4 Å². The van der Waals surface area contributed by atoms with E-state index >= 15 is 0 Å². The summed E-state index contributed by atoms with van der Waals surface area (Å²) in [5.41, 5.74) is 1.06. The van der Waals surface area contributed by atoms with Gasteiger partial charge in [0.2, 0.25) is 0 Å². The molecular formula is C16H21N3O2S. The average molecular weight is 319 g/mol. The molecule has 1 aliphatic heterocycles. The lowest BCUT2D eigenvalue weighted by Gasteiger charge is -2.20. The van der Waals surface area contributed by atoms with Crippen LogP contribution in [0.15, 0.2) is 21.9 Å². The fourth-order valence-electron chi connectivity index (χ4n) is 2.64. The summed E-state index contributed by atoms with van der Waals surface area (Å²) in [5, 5.41) is 3.12. The Bertz CT molecular complexity index is 649. The summed E-state index contributed by atoms with van der Waals surface area (Å²) in [5.74, 6) is 1.31. The molecule has 3 heterocycles. The molecule has 0 N–H and O–H groups in total.